The molecule has 0 fully saturated rings. The molecule has 1 heterocycles. The van der Waals surface area contributed by atoms with E-state index in [2.05, 4.69) is 4.42 Å². The van der Waals surface area contributed by atoms with E-state index in [1.54, 1.807) is 0 Å². The molecule has 0 atom stereocenters. The van der Waals surface area contributed by atoms with E-state index in [0.717, 1.165) is 6.08 Å². The third-order valence-corrected chi connectivity index (χ3v) is 1.32. The van der Waals surface area contributed by atoms with E-state index in [0.29, 0.717) is 5.56 Å². The second-order valence-electron chi connectivity index (χ2n) is 2.23. The van der Waals surface area contributed by atoms with Crippen LogP contribution in [-0.2, 0) is 9.59 Å². The molecular formula is C8H6O5. The molecule has 1 aromatic rings. The Bertz CT molecular complexity index is 331. The highest BCUT2D eigenvalue weighted by Crippen LogP contribution is 2.07. The van der Waals surface area contributed by atoms with Crippen LogP contribution in [0.15, 0.2) is 28.6 Å². The number of furan rings is 1. The quantitative estimate of drug-likeness (QED) is 0.410. The number of carboxylic acid groups (broad SMARTS) is 2. The van der Waals surface area contributed by atoms with Crippen LogP contribution in [0.3, 0.4) is 0 Å². The lowest BCUT2D eigenvalue weighted by Gasteiger charge is -1.92. The first-order valence-corrected chi connectivity index (χ1v) is 3.31. The zero-order valence-corrected chi connectivity index (χ0v) is 6.43. The Morgan fingerprint density at radius 2 is 1.92 bits per heavy atom. The van der Waals surface area contributed by atoms with Gasteiger partial charge < -0.3 is 14.6 Å². The van der Waals surface area contributed by atoms with Crippen LogP contribution in [-0.4, -0.2) is 22.2 Å². The Labute approximate surface area is 72.9 Å². The summed E-state index contributed by atoms with van der Waals surface area (Å²) >= 11 is 0. The van der Waals surface area contributed by atoms with Gasteiger partial charge in [-0.3, -0.25) is 0 Å². The molecule has 0 bridgehead atoms. The van der Waals surface area contributed by atoms with Gasteiger partial charge in [0.05, 0.1) is 12.5 Å². The van der Waals surface area contributed by atoms with Crippen molar-refractivity contribution in [3.8, 4) is 0 Å². The van der Waals surface area contributed by atoms with Gasteiger partial charge in [0.1, 0.15) is 5.57 Å². The predicted molar refractivity (Wildman–Crippen MR) is 42.0 cm³/mol. The Balaban J connectivity index is 3.01. The third-order valence-electron chi connectivity index (χ3n) is 1.32. The van der Waals surface area contributed by atoms with Gasteiger partial charge in [0.2, 0.25) is 0 Å². The molecule has 5 nitrogen and oxygen atoms in total. The summed E-state index contributed by atoms with van der Waals surface area (Å²) < 4.78 is 4.64. The fourth-order valence-corrected chi connectivity index (χ4v) is 0.739. The molecule has 0 saturated carbocycles. The number of hydrogen-bond acceptors (Lipinski definition) is 3. The maximum Gasteiger partial charge on any atom is 0.343 e. The van der Waals surface area contributed by atoms with Crippen molar-refractivity contribution >= 4 is 18.0 Å². The van der Waals surface area contributed by atoms with Gasteiger partial charge in [0, 0.05) is 5.56 Å². The van der Waals surface area contributed by atoms with Crippen molar-refractivity contribution in [3.05, 3.63) is 29.7 Å². The summed E-state index contributed by atoms with van der Waals surface area (Å²) in [6, 6.07) is 1.46. The molecule has 0 aliphatic rings. The van der Waals surface area contributed by atoms with Crippen LogP contribution in [0.1, 0.15) is 5.56 Å². The Morgan fingerprint density at radius 3 is 2.31 bits per heavy atom. The highest BCUT2D eigenvalue weighted by Gasteiger charge is 2.15. The van der Waals surface area contributed by atoms with Crippen LogP contribution < -0.4 is 0 Å². The average molecular weight is 182 g/mol. The summed E-state index contributed by atoms with van der Waals surface area (Å²) in [5.41, 5.74) is -0.291. The molecule has 0 saturated heterocycles. The standard InChI is InChI=1S/C8H6O5/c9-7(10)6(8(11)12)3-5-1-2-13-4-5/h1-4H,(H,9,10)(H,11,12). The Morgan fingerprint density at radius 1 is 1.31 bits per heavy atom. The van der Waals surface area contributed by atoms with Crippen molar-refractivity contribution in [2.45, 2.75) is 0 Å². The van der Waals surface area contributed by atoms with E-state index in [4.69, 9.17) is 10.2 Å². The third kappa shape index (κ3) is 2.19. The van der Waals surface area contributed by atoms with E-state index in [1.165, 1.54) is 18.6 Å². The summed E-state index contributed by atoms with van der Waals surface area (Å²) in [5, 5.41) is 16.9. The normalized spacial score (nSPS) is 9.23. The van der Waals surface area contributed by atoms with Gasteiger partial charge in [-0.25, -0.2) is 9.59 Å². The SMILES string of the molecule is O=C(O)C(=Cc1ccoc1)C(=O)O. The maximum atomic E-state index is 10.4. The van der Waals surface area contributed by atoms with E-state index >= 15 is 0 Å². The molecule has 0 radical (unpaired) electrons. The van der Waals surface area contributed by atoms with Crippen LogP contribution in [0, 0.1) is 0 Å². The minimum atomic E-state index is -1.48. The lowest BCUT2D eigenvalue weighted by atomic mass is 10.2. The molecule has 0 aromatic carbocycles. The van der Waals surface area contributed by atoms with Crippen molar-refractivity contribution in [1.29, 1.82) is 0 Å². The summed E-state index contributed by atoms with van der Waals surface area (Å²) in [5.74, 6) is -2.96. The molecule has 0 unspecified atom stereocenters. The molecule has 13 heavy (non-hydrogen) atoms. The topological polar surface area (TPSA) is 87.7 Å². The van der Waals surface area contributed by atoms with Crippen molar-refractivity contribution in [3.63, 3.8) is 0 Å². The van der Waals surface area contributed by atoms with Crippen LogP contribution in [0.25, 0.3) is 6.08 Å². The van der Waals surface area contributed by atoms with E-state index in [1.807, 2.05) is 0 Å². The monoisotopic (exact) mass is 182 g/mol. The largest absolute Gasteiger partial charge is 0.477 e. The highest BCUT2D eigenvalue weighted by atomic mass is 16.4. The van der Waals surface area contributed by atoms with Crippen LogP contribution in [0.5, 0.6) is 0 Å². The summed E-state index contributed by atoms with van der Waals surface area (Å²) in [7, 11) is 0. The van der Waals surface area contributed by atoms with Gasteiger partial charge in [-0.2, -0.15) is 0 Å². The first-order chi connectivity index (χ1) is 6.11. The molecule has 68 valence electrons. The van der Waals surface area contributed by atoms with Crippen LogP contribution in [0.2, 0.25) is 0 Å². The lowest BCUT2D eigenvalue weighted by Crippen LogP contribution is -2.10. The summed E-state index contributed by atoms with van der Waals surface area (Å²) in [6.45, 7) is 0. The second kappa shape index (κ2) is 3.57. The average Bonchev–Trinajstić information content (AvgIpc) is 2.50. The Hall–Kier alpha value is -2.04. The molecule has 1 rings (SSSR count). The van der Waals surface area contributed by atoms with Crippen LogP contribution in [0.4, 0.5) is 0 Å². The fraction of sp³-hybridized carbons (Fsp3) is 0. The van der Waals surface area contributed by atoms with Gasteiger partial charge in [-0.1, -0.05) is 0 Å². The van der Waals surface area contributed by atoms with Crippen molar-refractivity contribution in [1.82, 2.24) is 0 Å². The maximum absolute atomic E-state index is 10.4. The van der Waals surface area contributed by atoms with Gasteiger partial charge >= 0.3 is 11.9 Å². The van der Waals surface area contributed by atoms with Gasteiger partial charge in [0.25, 0.3) is 0 Å². The lowest BCUT2D eigenvalue weighted by molar-refractivity contribution is -0.139. The van der Waals surface area contributed by atoms with Gasteiger partial charge in [-0.05, 0) is 12.1 Å². The smallest absolute Gasteiger partial charge is 0.343 e. The Kier molecular flexibility index (Phi) is 2.49. The highest BCUT2D eigenvalue weighted by molar-refractivity contribution is 6.16. The van der Waals surface area contributed by atoms with Crippen molar-refractivity contribution in [2.24, 2.45) is 0 Å². The first kappa shape index (κ1) is 9.05. The molecule has 0 aliphatic heterocycles. The molecule has 0 amide bonds. The van der Waals surface area contributed by atoms with Gasteiger partial charge in [0.15, 0.2) is 0 Å². The van der Waals surface area contributed by atoms with E-state index < -0.39 is 17.5 Å². The molecule has 5 heteroatoms. The molecule has 0 aliphatic carbocycles. The summed E-state index contributed by atoms with van der Waals surface area (Å²) in [4.78, 5) is 20.8. The van der Waals surface area contributed by atoms with E-state index in [9.17, 15) is 9.59 Å². The number of aliphatic carboxylic acids is 2. The fourth-order valence-electron chi connectivity index (χ4n) is 0.739. The zero-order valence-electron chi connectivity index (χ0n) is 6.43. The van der Waals surface area contributed by atoms with E-state index in [-0.39, 0.29) is 0 Å². The summed E-state index contributed by atoms with van der Waals surface area (Å²) in [6.07, 6.45) is 3.60. The number of carboxylic acids is 2. The first-order valence-electron chi connectivity index (χ1n) is 3.31. The minimum Gasteiger partial charge on any atom is -0.477 e. The van der Waals surface area contributed by atoms with Gasteiger partial charge in [-0.15, -0.1) is 0 Å². The molecular weight excluding hydrogens is 176 g/mol. The van der Waals surface area contributed by atoms with Crippen molar-refractivity contribution in [2.75, 3.05) is 0 Å². The van der Waals surface area contributed by atoms with Crippen LogP contribution >= 0.6 is 0 Å². The minimum absolute atomic E-state index is 0.403. The molecule has 0 spiro atoms. The molecule has 1 aromatic heterocycles. The zero-order chi connectivity index (χ0) is 9.84. The molecule has 2 N–H and O–H groups in total. The second-order valence-corrected chi connectivity index (χ2v) is 2.23. The number of hydrogen-bond donors (Lipinski definition) is 2. The van der Waals surface area contributed by atoms with Crippen molar-refractivity contribution < 1.29 is 24.2 Å². The number of rotatable bonds is 3. The number of carbonyl (C=O) groups is 2. The predicted octanol–water partition coefficient (Wildman–Crippen LogP) is 0.832.